The number of nitrogens with zero attached hydrogens (tertiary/aromatic N) is 5. The minimum absolute atomic E-state index is 0.0886. The van der Waals surface area contributed by atoms with Crippen LogP contribution in [0.1, 0.15) is 9.67 Å². The number of carbonyl (C=O) groups is 1. The molecule has 1 aliphatic rings. The van der Waals surface area contributed by atoms with Crippen molar-refractivity contribution in [3.63, 3.8) is 0 Å². The molecule has 23 heavy (non-hydrogen) atoms. The molecule has 0 saturated carbocycles. The molecular formula is C14H17F2N5OS. The first kappa shape index (κ1) is 16.0. The van der Waals surface area contributed by atoms with Gasteiger partial charge in [0.1, 0.15) is 9.88 Å². The van der Waals surface area contributed by atoms with Gasteiger partial charge in [-0.1, -0.05) is 0 Å². The molecule has 3 rings (SSSR count). The monoisotopic (exact) mass is 341 g/mol. The quantitative estimate of drug-likeness (QED) is 0.847. The molecule has 1 fully saturated rings. The first-order valence-corrected chi connectivity index (χ1v) is 8.09. The van der Waals surface area contributed by atoms with E-state index < -0.39 is 6.43 Å². The number of hydrogen-bond donors (Lipinski definition) is 0. The first-order chi connectivity index (χ1) is 11.0. The van der Waals surface area contributed by atoms with Crippen LogP contribution in [-0.4, -0.2) is 69.6 Å². The second kappa shape index (κ2) is 6.71. The van der Waals surface area contributed by atoms with Gasteiger partial charge in [-0.3, -0.25) is 14.4 Å². The molecule has 0 bridgehead atoms. The molecule has 0 spiro atoms. The molecule has 124 valence electrons. The van der Waals surface area contributed by atoms with Gasteiger partial charge in [0.25, 0.3) is 12.3 Å². The second-order valence-corrected chi connectivity index (χ2v) is 6.45. The predicted molar refractivity (Wildman–Crippen MR) is 82.7 cm³/mol. The molecule has 0 atom stereocenters. The summed E-state index contributed by atoms with van der Waals surface area (Å²) in [6.07, 6.45) is 2.79. The third-order valence-electron chi connectivity index (χ3n) is 3.72. The Hall–Kier alpha value is -1.87. The van der Waals surface area contributed by atoms with E-state index >= 15 is 0 Å². The Morgan fingerprint density at radius 3 is 2.65 bits per heavy atom. The molecule has 0 radical (unpaired) electrons. The zero-order chi connectivity index (χ0) is 16.4. The van der Waals surface area contributed by atoms with E-state index in [1.165, 1.54) is 11.3 Å². The summed E-state index contributed by atoms with van der Waals surface area (Å²) >= 11 is 1.32. The lowest BCUT2D eigenvalue weighted by molar-refractivity contribution is 0.0462. The normalized spacial score (nSPS) is 16.3. The lowest BCUT2D eigenvalue weighted by Gasteiger charge is -2.34. The van der Waals surface area contributed by atoms with Crippen molar-refractivity contribution in [1.29, 1.82) is 0 Å². The topological polar surface area (TPSA) is 54.3 Å². The molecule has 1 saturated heterocycles. The average Bonchev–Trinajstić information content (AvgIpc) is 3.15. The summed E-state index contributed by atoms with van der Waals surface area (Å²) in [5.41, 5.74) is 0.873. The van der Waals surface area contributed by atoms with Gasteiger partial charge in [0.2, 0.25) is 0 Å². The highest BCUT2D eigenvalue weighted by atomic mass is 32.1. The number of hydrogen-bond acceptors (Lipinski definition) is 5. The van der Waals surface area contributed by atoms with Gasteiger partial charge in [0.15, 0.2) is 0 Å². The van der Waals surface area contributed by atoms with E-state index in [1.54, 1.807) is 26.9 Å². The van der Waals surface area contributed by atoms with E-state index in [1.807, 2.05) is 13.2 Å². The van der Waals surface area contributed by atoms with Crippen LogP contribution in [0.15, 0.2) is 18.6 Å². The fourth-order valence-electron chi connectivity index (χ4n) is 2.52. The zero-order valence-corrected chi connectivity index (χ0v) is 13.5. The van der Waals surface area contributed by atoms with Gasteiger partial charge in [0, 0.05) is 45.0 Å². The van der Waals surface area contributed by atoms with E-state index in [9.17, 15) is 13.6 Å². The Labute approximate surface area is 136 Å². The molecular weight excluding hydrogens is 324 g/mol. The Bertz CT molecular complexity index is 678. The van der Waals surface area contributed by atoms with Gasteiger partial charge in [-0.05, 0) is 0 Å². The molecule has 1 aliphatic heterocycles. The number of aromatic nitrogens is 3. The van der Waals surface area contributed by atoms with Crippen molar-refractivity contribution in [2.24, 2.45) is 7.05 Å². The highest BCUT2D eigenvalue weighted by Gasteiger charge is 2.25. The fourth-order valence-corrected chi connectivity index (χ4v) is 3.38. The highest BCUT2D eigenvalue weighted by molar-refractivity contribution is 7.16. The van der Waals surface area contributed by atoms with Crippen molar-refractivity contribution in [2.45, 2.75) is 6.43 Å². The Morgan fingerprint density at radius 2 is 2.04 bits per heavy atom. The lowest BCUT2D eigenvalue weighted by Crippen LogP contribution is -2.49. The van der Waals surface area contributed by atoms with E-state index in [0.717, 1.165) is 10.6 Å². The van der Waals surface area contributed by atoms with Crippen LogP contribution in [0.2, 0.25) is 0 Å². The van der Waals surface area contributed by atoms with Gasteiger partial charge in [-0.25, -0.2) is 13.8 Å². The maximum Gasteiger partial charge on any atom is 0.265 e. The van der Waals surface area contributed by atoms with Gasteiger partial charge in [-0.2, -0.15) is 5.10 Å². The molecule has 0 unspecified atom stereocenters. The Morgan fingerprint density at radius 1 is 1.30 bits per heavy atom. The highest BCUT2D eigenvalue weighted by Crippen LogP contribution is 2.25. The van der Waals surface area contributed by atoms with Crippen LogP contribution in [0, 0.1) is 0 Å². The summed E-state index contributed by atoms with van der Waals surface area (Å²) in [5.74, 6) is -0.0886. The number of amides is 1. The molecule has 0 aliphatic carbocycles. The summed E-state index contributed by atoms with van der Waals surface area (Å²) in [6, 6.07) is 0. The van der Waals surface area contributed by atoms with Crippen molar-refractivity contribution >= 4 is 17.2 Å². The molecule has 0 aromatic carbocycles. The minimum atomic E-state index is -2.33. The number of piperazine rings is 1. The SMILES string of the molecule is Cn1cc(-c2ncc(C(=O)N3CCN(CC(F)F)CC3)s2)cn1. The molecule has 2 aromatic rings. The third kappa shape index (κ3) is 3.73. The Kier molecular flexibility index (Phi) is 4.67. The summed E-state index contributed by atoms with van der Waals surface area (Å²) in [5, 5.41) is 4.84. The minimum Gasteiger partial charge on any atom is -0.335 e. The molecule has 3 heterocycles. The fraction of sp³-hybridized carbons (Fsp3) is 0.500. The molecule has 6 nitrogen and oxygen atoms in total. The molecule has 2 aromatic heterocycles. The predicted octanol–water partition coefficient (Wildman–Crippen LogP) is 1.57. The van der Waals surface area contributed by atoms with E-state index in [0.29, 0.717) is 31.1 Å². The molecule has 9 heteroatoms. The van der Waals surface area contributed by atoms with Crippen LogP contribution >= 0.6 is 11.3 Å². The summed E-state index contributed by atoms with van der Waals surface area (Å²) in [7, 11) is 1.82. The summed E-state index contributed by atoms with van der Waals surface area (Å²) < 4.78 is 26.4. The van der Waals surface area contributed by atoms with Crippen molar-refractivity contribution < 1.29 is 13.6 Å². The maximum absolute atomic E-state index is 12.5. The standard InChI is InChI=1S/C14H17F2N5OS/c1-19-8-10(6-18-19)13-17-7-11(23-13)14(22)21-4-2-20(3-5-21)9-12(15)16/h6-8,12H,2-5,9H2,1H3. The van der Waals surface area contributed by atoms with Crippen LogP contribution in [-0.2, 0) is 7.05 Å². The summed E-state index contributed by atoms with van der Waals surface area (Å²) in [6.45, 7) is 1.65. The van der Waals surface area contributed by atoms with Gasteiger partial charge >= 0.3 is 0 Å². The van der Waals surface area contributed by atoms with Gasteiger partial charge in [-0.15, -0.1) is 11.3 Å². The number of carbonyl (C=O) groups excluding carboxylic acids is 1. The van der Waals surface area contributed by atoms with Gasteiger partial charge in [0.05, 0.1) is 18.9 Å². The van der Waals surface area contributed by atoms with E-state index in [-0.39, 0.29) is 12.5 Å². The van der Waals surface area contributed by atoms with E-state index in [2.05, 4.69) is 10.1 Å². The van der Waals surface area contributed by atoms with Crippen molar-refractivity contribution in [3.05, 3.63) is 23.5 Å². The smallest absolute Gasteiger partial charge is 0.265 e. The van der Waals surface area contributed by atoms with Crippen molar-refractivity contribution in [2.75, 3.05) is 32.7 Å². The number of thiazole rings is 1. The number of rotatable bonds is 4. The number of alkyl halides is 2. The number of aryl methyl sites for hydroxylation is 1. The average molecular weight is 341 g/mol. The second-order valence-electron chi connectivity index (χ2n) is 5.42. The Balaban J connectivity index is 1.62. The first-order valence-electron chi connectivity index (χ1n) is 7.27. The molecule has 0 N–H and O–H groups in total. The maximum atomic E-state index is 12.5. The van der Waals surface area contributed by atoms with Crippen molar-refractivity contribution in [1.82, 2.24) is 24.6 Å². The van der Waals surface area contributed by atoms with Crippen LogP contribution in [0.4, 0.5) is 8.78 Å². The van der Waals surface area contributed by atoms with Crippen molar-refractivity contribution in [3.8, 4) is 10.6 Å². The van der Waals surface area contributed by atoms with Crippen LogP contribution in [0.25, 0.3) is 10.6 Å². The lowest BCUT2D eigenvalue weighted by atomic mass is 10.3. The third-order valence-corrected chi connectivity index (χ3v) is 4.76. The summed E-state index contributed by atoms with van der Waals surface area (Å²) in [4.78, 5) is 20.7. The van der Waals surface area contributed by atoms with Crippen LogP contribution < -0.4 is 0 Å². The molecule has 1 amide bonds. The zero-order valence-electron chi connectivity index (χ0n) is 12.7. The van der Waals surface area contributed by atoms with Gasteiger partial charge < -0.3 is 4.90 Å². The van der Waals surface area contributed by atoms with Crippen LogP contribution in [0.3, 0.4) is 0 Å². The van der Waals surface area contributed by atoms with E-state index in [4.69, 9.17) is 0 Å². The van der Waals surface area contributed by atoms with Crippen LogP contribution in [0.5, 0.6) is 0 Å². The largest absolute Gasteiger partial charge is 0.335 e. The number of halogens is 2.